The van der Waals surface area contributed by atoms with Crippen LogP contribution in [-0.4, -0.2) is 9.97 Å². The molecule has 116 valence electrons. The molecule has 0 saturated heterocycles. The summed E-state index contributed by atoms with van der Waals surface area (Å²) in [5.74, 6) is 0.846. The van der Waals surface area contributed by atoms with E-state index in [1.54, 1.807) is 0 Å². The number of aryl methyl sites for hydroxylation is 1. The highest BCUT2D eigenvalue weighted by Crippen LogP contribution is 2.30. The van der Waals surface area contributed by atoms with Crippen LogP contribution in [0.15, 0.2) is 48.5 Å². The highest BCUT2D eigenvalue weighted by molar-refractivity contribution is 6.31. The van der Waals surface area contributed by atoms with E-state index >= 15 is 0 Å². The average Bonchev–Trinajstić information content (AvgIpc) is 2.45. The Morgan fingerprint density at radius 2 is 1.70 bits per heavy atom. The van der Waals surface area contributed by atoms with Crippen molar-refractivity contribution in [2.24, 2.45) is 0 Å². The lowest BCUT2D eigenvalue weighted by Gasteiger charge is -2.10. The Morgan fingerprint density at radius 3 is 2.43 bits per heavy atom. The number of benzene rings is 2. The molecule has 0 aliphatic carbocycles. The van der Waals surface area contributed by atoms with Gasteiger partial charge in [-0.3, -0.25) is 0 Å². The minimum absolute atomic E-state index is 0.226. The summed E-state index contributed by atoms with van der Waals surface area (Å²) in [6.45, 7) is 1.86. The third-order valence-electron chi connectivity index (χ3n) is 3.20. The van der Waals surface area contributed by atoms with Gasteiger partial charge < -0.3 is 11.1 Å². The minimum Gasteiger partial charge on any atom is -0.368 e. The summed E-state index contributed by atoms with van der Waals surface area (Å²) in [5, 5.41) is 4.49. The molecule has 6 heteroatoms. The molecule has 3 aromatic rings. The Hall–Kier alpha value is -2.30. The van der Waals surface area contributed by atoms with Gasteiger partial charge in [0.15, 0.2) is 0 Å². The lowest BCUT2D eigenvalue weighted by atomic mass is 10.1. The lowest BCUT2D eigenvalue weighted by Crippen LogP contribution is -2.01. The van der Waals surface area contributed by atoms with Crippen LogP contribution < -0.4 is 11.1 Å². The second kappa shape index (κ2) is 6.44. The summed E-state index contributed by atoms with van der Waals surface area (Å²) in [7, 11) is 0. The van der Waals surface area contributed by atoms with Crippen LogP contribution in [0.2, 0.25) is 10.0 Å². The van der Waals surface area contributed by atoms with E-state index in [-0.39, 0.29) is 5.95 Å². The summed E-state index contributed by atoms with van der Waals surface area (Å²) in [6, 6.07) is 15.1. The first-order chi connectivity index (χ1) is 11.0. The van der Waals surface area contributed by atoms with E-state index in [9.17, 15) is 0 Å². The zero-order valence-electron chi connectivity index (χ0n) is 12.3. The van der Waals surface area contributed by atoms with E-state index < -0.39 is 0 Å². The molecule has 0 radical (unpaired) electrons. The van der Waals surface area contributed by atoms with Gasteiger partial charge in [0.05, 0.1) is 0 Å². The predicted octanol–water partition coefficient (Wildman–Crippen LogP) is 5.08. The van der Waals surface area contributed by atoms with E-state index in [0.29, 0.717) is 15.9 Å². The fourth-order valence-electron chi connectivity index (χ4n) is 2.30. The number of nitrogens with two attached hydrogens (primary N) is 1. The average molecular weight is 345 g/mol. The maximum absolute atomic E-state index is 6.24. The predicted molar refractivity (Wildman–Crippen MR) is 96.4 cm³/mol. The maximum atomic E-state index is 6.24. The fourth-order valence-corrected chi connectivity index (χ4v) is 2.73. The molecule has 0 saturated carbocycles. The standard InChI is InChI=1S/C17H14Cl2N4/c1-10-5-16(23-17(20)21-10)22-15-8-12(7-14(19)9-15)11-3-2-4-13(18)6-11/h2-9H,1H3,(H3,20,21,22,23). The van der Waals surface area contributed by atoms with Crippen molar-refractivity contribution in [3.05, 3.63) is 64.3 Å². The Morgan fingerprint density at radius 1 is 0.913 bits per heavy atom. The lowest BCUT2D eigenvalue weighted by molar-refractivity contribution is 1.12. The van der Waals surface area contributed by atoms with Crippen LogP contribution in [0.25, 0.3) is 11.1 Å². The van der Waals surface area contributed by atoms with Gasteiger partial charge in [-0.2, -0.15) is 4.98 Å². The molecular weight excluding hydrogens is 331 g/mol. The quantitative estimate of drug-likeness (QED) is 0.694. The Kier molecular flexibility index (Phi) is 4.37. The summed E-state index contributed by atoms with van der Waals surface area (Å²) in [4.78, 5) is 8.22. The summed E-state index contributed by atoms with van der Waals surface area (Å²) < 4.78 is 0. The van der Waals surface area contributed by atoms with E-state index in [0.717, 1.165) is 22.5 Å². The van der Waals surface area contributed by atoms with Gasteiger partial charge in [-0.25, -0.2) is 4.98 Å². The van der Waals surface area contributed by atoms with E-state index in [1.165, 1.54) is 0 Å². The van der Waals surface area contributed by atoms with Crippen molar-refractivity contribution in [3.8, 4) is 11.1 Å². The molecule has 3 N–H and O–H groups in total. The minimum atomic E-state index is 0.226. The number of aromatic nitrogens is 2. The normalized spacial score (nSPS) is 10.6. The van der Waals surface area contributed by atoms with Gasteiger partial charge in [-0.1, -0.05) is 35.3 Å². The molecule has 4 nitrogen and oxygen atoms in total. The van der Waals surface area contributed by atoms with Crippen molar-refractivity contribution in [2.75, 3.05) is 11.1 Å². The molecular formula is C17H14Cl2N4. The Labute approximate surface area is 144 Å². The molecule has 3 rings (SSSR count). The smallest absolute Gasteiger partial charge is 0.222 e. The molecule has 2 aromatic carbocycles. The van der Waals surface area contributed by atoms with E-state index in [1.807, 2.05) is 55.5 Å². The second-order valence-electron chi connectivity index (χ2n) is 5.12. The molecule has 23 heavy (non-hydrogen) atoms. The molecule has 0 atom stereocenters. The van der Waals surface area contributed by atoms with Crippen molar-refractivity contribution >= 4 is 40.7 Å². The second-order valence-corrected chi connectivity index (χ2v) is 5.99. The molecule has 0 spiro atoms. The molecule has 0 aliphatic rings. The van der Waals surface area contributed by atoms with Crippen LogP contribution in [0.3, 0.4) is 0 Å². The molecule has 0 unspecified atom stereocenters. The highest BCUT2D eigenvalue weighted by Gasteiger charge is 2.05. The third-order valence-corrected chi connectivity index (χ3v) is 3.65. The first-order valence-electron chi connectivity index (χ1n) is 6.94. The van der Waals surface area contributed by atoms with Crippen LogP contribution in [0.5, 0.6) is 0 Å². The Balaban J connectivity index is 1.97. The highest BCUT2D eigenvalue weighted by atomic mass is 35.5. The molecule has 0 amide bonds. The van der Waals surface area contributed by atoms with Gasteiger partial charge in [-0.05, 0) is 48.4 Å². The van der Waals surface area contributed by atoms with E-state index in [2.05, 4.69) is 15.3 Å². The van der Waals surface area contributed by atoms with Crippen LogP contribution in [0.4, 0.5) is 17.5 Å². The van der Waals surface area contributed by atoms with Crippen LogP contribution in [0.1, 0.15) is 5.69 Å². The fraction of sp³-hybridized carbons (Fsp3) is 0.0588. The van der Waals surface area contributed by atoms with Gasteiger partial charge in [0, 0.05) is 27.5 Å². The number of nitrogens with one attached hydrogen (secondary N) is 1. The number of hydrogen-bond acceptors (Lipinski definition) is 4. The van der Waals surface area contributed by atoms with Crippen molar-refractivity contribution in [3.63, 3.8) is 0 Å². The molecule has 0 fully saturated rings. The molecule has 1 aromatic heterocycles. The van der Waals surface area contributed by atoms with Crippen LogP contribution >= 0.6 is 23.2 Å². The SMILES string of the molecule is Cc1cc(Nc2cc(Cl)cc(-c3cccc(Cl)c3)c2)nc(N)n1. The third kappa shape index (κ3) is 3.92. The Bertz CT molecular complexity index is 845. The van der Waals surface area contributed by atoms with Crippen molar-refractivity contribution in [1.82, 2.24) is 9.97 Å². The van der Waals surface area contributed by atoms with Crippen LogP contribution in [-0.2, 0) is 0 Å². The van der Waals surface area contributed by atoms with Gasteiger partial charge in [0.1, 0.15) is 5.82 Å². The topological polar surface area (TPSA) is 63.8 Å². The zero-order chi connectivity index (χ0) is 16.4. The first-order valence-corrected chi connectivity index (χ1v) is 7.70. The van der Waals surface area contributed by atoms with Crippen molar-refractivity contribution in [1.29, 1.82) is 0 Å². The number of halogens is 2. The van der Waals surface area contributed by atoms with Gasteiger partial charge in [0.25, 0.3) is 0 Å². The number of nitrogens with zero attached hydrogens (tertiary/aromatic N) is 2. The summed E-state index contributed by atoms with van der Waals surface area (Å²) >= 11 is 12.3. The largest absolute Gasteiger partial charge is 0.368 e. The summed E-state index contributed by atoms with van der Waals surface area (Å²) in [6.07, 6.45) is 0. The van der Waals surface area contributed by atoms with Crippen LogP contribution in [0, 0.1) is 6.92 Å². The van der Waals surface area contributed by atoms with E-state index in [4.69, 9.17) is 28.9 Å². The zero-order valence-corrected chi connectivity index (χ0v) is 13.9. The maximum Gasteiger partial charge on any atom is 0.222 e. The number of nitrogen functional groups attached to an aromatic ring is 1. The van der Waals surface area contributed by atoms with Gasteiger partial charge in [-0.15, -0.1) is 0 Å². The van der Waals surface area contributed by atoms with Gasteiger partial charge in [0.2, 0.25) is 5.95 Å². The number of anilines is 3. The molecule has 0 bridgehead atoms. The van der Waals surface area contributed by atoms with Crippen molar-refractivity contribution in [2.45, 2.75) is 6.92 Å². The van der Waals surface area contributed by atoms with Gasteiger partial charge >= 0.3 is 0 Å². The summed E-state index contributed by atoms with van der Waals surface area (Å²) in [5.41, 5.74) is 9.22. The van der Waals surface area contributed by atoms with Crippen molar-refractivity contribution < 1.29 is 0 Å². The first kappa shape index (κ1) is 15.6. The molecule has 0 aliphatic heterocycles. The monoisotopic (exact) mass is 344 g/mol. The molecule has 1 heterocycles. The number of hydrogen-bond donors (Lipinski definition) is 2. The number of rotatable bonds is 3.